The van der Waals surface area contributed by atoms with Gasteiger partial charge in [-0.15, -0.1) is 9.24 Å². The summed E-state index contributed by atoms with van der Waals surface area (Å²) >= 11 is 0. The third-order valence-electron chi connectivity index (χ3n) is 7.92. The van der Waals surface area contributed by atoms with Gasteiger partial charge in [0.2, 0.25) is 5.91 Å². The summed E-state index contributed by atoms with van der Waals surface area (Å²) in [5.74, 6) is 0.253. The first-order chi connectivity index (χ1) is 18.0. The summed E-state index contributed by atoms with van der Waals surface area (Å²) in [5.41, 5.74) is 1.16. The Balaban J connectivity index is 1.31. The van der Waals surface area contributed by atoms with Gasteiger partial charge in [0.05, 0.1) is 18.1 Å². The van der Waals surface area contributed by atoms with Gasteiger partial charge in [0.25, 0.3) is 6.02 Å². The number of unbranched alkanes of at least 4 members (excludes halogenated alkanes) is 1. The zero-order chi connectivity index (χ0) is 26.2. The van der Waals surface area contributed by atoms with Crippen molar-refractivity contribution in [3.63, 3.8) is 0 Å². The SMILES string of the molecule is CC(C)N[C@H](CCCCN1CCCCC1)C(=O)N1CCN(C2=N[C@@H](C)[C@H](c3ccccc3)O2)C[C@H]1CP. The van der Waals surface area contributed by atoms with Crippen LogP contribution in [0.2, 0.25) is 0 Å². The monoisotopic (exact) mass is 529 g/mol. The fourth-order valence-corrected chi connectivity index (χ4v) is 6.30. The number of ether oxygens (including phenoxy) is 1. The summed E-state index contributed by atoms with van der Waals surface area (Å²) < 4.78 is 6.35. The van der Waals surface area contributed by atoms with E-state index in [9.17, 15) is 4.79 Å². The molecule has 2 fully saturated rings. The van der Waals surface area contributed by atoms with Crippen molar-refractivity contribution in [3.05, 3.63) is 35.9 Å². The molecule has 37 heavy (non-hydrogen) atoms. The highest BCUT2D eigenvalue weighted by atomic mass is 31.0. The van der Waals surface area contributed by atoms with Crippen LogP contribution in [-0.2, 0) is 9.53 Å². The number of nitrogens with one attached hydrogen (secondary N) is 1. The molecule has 0 aromatic heterocycles. The van der Waals surface area contributed by atoms with E-state index < -0.39 is 0 Å². The van der Waals surface area contributed by atoms with Gasteiger partial charge in [-0.25, -0.2) is 4.99 Å². The quantitative estimate of drug-likeness (QED) is 0.368. The second-order valence-electron chi connectivity index (χ2n) is 11.2. The van der Waals surface area contributed by atoms with Gasteiger partial charge < -0.3 is 24.8 Å². The predicted octanol–water partition coefficient (Wildman–Crippen LogP) is 3.91. The maximum atomic E-state index is 13.8. The van der Waals surface area contributed by atoms with Crippen molar-refractivity contribution < 1.29 is 9.53 Å². The highest BCUT2D eigenvalue weighted by molar-refractivity contribution is 7.16. The van der Waals surface area contributed by atoms with Crippen LogP contribution in [0.1, 0.15) is 71.0 Å². The molecular weight excluding hydrogens is 481 g/mol. The number of piperazine rings is 1. The molecule has 8 heteroatoms. The zero-order valence-electron chi connectivity index (χ0n) is 23.1. The minimum atomic E-state index is -0.116. The van der Waals surface area contributed by atoms with E-state index in [1.165, 1.54) is 45.3 Å². The summed E-state index contributed by atoms with van der Waals surface area (Å²) in [6.45, 7) is 12.3. The van der Waals surface area contributed by atoms with Gasteiger partial charge in [-0.2, -0.15) is 0 Å². The van der Waals surface area contributed by atoms with E-state index >= 15 is 0 Å². The summed E-state index contributed by atoms with van der Waals surface area (Å²) in [6.07, 6.45) is 8.00. The predicted molar refractivity (Wildman–Crippen MR) is 155 cm³/mol. The average Bonchev–Trinajstić information content (AvgIpc) is 3.32. The van der Waals surface area contributed by atoms with Crippen molar-refractivity contribution >= 4 is 21.2 Å². The molecule has 1 aromatic carbocycles. The molecule has 3 aliphatic heterocycles. The molecular formula is C29H48N5O2P. The van der Waals surface area contributed by atoms with E-state index in [0.29, 0.717) is 6.54 Å². The Morgan fingerprint density at radius 1 is 1.11 bits per heavy atom. The fraction of sp³-hybridized carbons (Fsp3) is 0.724. The van der Waals surface area contributed by atoms with E-state index in [-0.39, 0.29) is 36.2 Å². The highest BCUT2D eigenvalue weighted by Gasteiger charge is 2.38. The molecule has 1 unspecified atom stereocenters. The molecule has 5 atom stereocenters. The molecule has 0 bridgehead atoms. The lowest BCUT2D eigenvalue weighted by molar-refractivity contribution is -0.137. The molecule has 206 valence electrons. The summed E-state index contributed by atoms with van der Waals surface area (Å²) in [7, 11) is 2.86. The van der Waals surface area contributed by atoms with Gasteiger partial charge in [-0.1, -0.05) is 57.0 Å². The molecule has 7 nitrogen and oxygen atoms in total. The van der Waals surface area contributed by atoms with Crippen molar-refractivity contribution in [2.24, 2.45) is 4.99 Å². The van der Waals surface area contributed by atoms with Crippen molar-refractivity contribution in [3.8, 4) is 0 Å². The van der Waals surface area contributed by atoms with Gasteiger partial charge >= 0.3 is 0 Å². The molecule has 2 saturated heterocycles. The van der Waals surface area contributed by atoms with E-state index in [1.807, 2.05) is 18.2 Å². The van der Waals surface area contributed by atoms with Crippen molar-refractivity contribution in [1.82, 2.24) is 20.0 Å². The van der Waals surface area contributed by atoms with Crippen LogP contribution in [0, 0.1) is 0 Å². The van der Waals surface area contributed by atoms with Crippen LogP contribution in [-0.4, -0.2) is 96.2 Å². The third kappa shape index (κ3) is 7.68. The summed E-state index contributed by atoms with van der Waals surface area (Å²) in [4.78, 5) is 25.6. The second-order valence-corrected chi connectivity index (χ2v) is 11.7. The Labute approximate surface area is 226 Å². The van der Waals surface area contributed by atoms with Crippen LogP contribution in [0.3, 0.4) is 0 Å². The molecule has 1 amide bonds. The Hall–Kier alpha value is -1.69. The van der Waals surface area contributed by atoms with E-state index in [4.69, 9.17) is 9.73 Å². The number of piperidine rings is 1. The number of amides is 1. The molecule has 0 saturated carbocycles. The van der Waals surface area contributed by atoms with Crippen LogP contribution in [0.25, 0.3) is 0 Å². The average molecular weight is 530 g/mol. The summed E-state index contributed by atoms with van der Waals surface area (Å²) in [6, 6.07) is 11.4. The molecule has 0 radical (unpaired) electrons. The lowest BCUT2D eigenvalue weighted by Gasteiger charge is -2.43. The molecule has 3 aliphatic rings. The lowest BCUT2D eigenvalue weighted by atomic mass is 10.0. The highest BCUT2D eigenvalue weighted by Crippen LogP contribution is 2.30. The lowest BCUT2D eigenvalue weighted by Crippen LogP contribution is -2.61. The maximum Gasteiger partial charge on any atom is 0.288 e. The van der Waals surface area contributed by atoms with E-state index in [2.05, 4.69) is 62.2 Å². The minimum Gasteiger partial charge on any atom is -0.455 e. The van der Waals surface area contributed by atoms with Crippen LogP contribution < -0.4 is 5.32 Å². The number of benzene rings is 1. The van der Waals surface area contributed by atoms with Crippen molar-refractivity contribution in [2.45, 2.75) is 89.6 Å². The number of nitrogens with zero attached hydrogens (tertiary/aromatic N) is 4. The number of aliphatic imine (C=N–C) groups is 1. The van der Waals surface area contributed by atoms with E-state index in [1.54, 1.807) is 0 Å². The third-order valence-corrected chi connectivity index (χ3v) is 8.46. The number of likely N-dealkylation sites (tertiary alicyclic amines) is 1. The van der Waals surface area contributed by atoms with Crippen LogP contribution in [0.5, 0.6) is 0 Å². The Kier molecular flexibility index (Phi) is 10.6. The second kappa shape index (κ2) is 13.9. The topological polar surface area (TPSA) is 60.4 Å². The summed E-state index contributed by atoms with van der Waals surface area (Å²) in [5, 5.41) is 3.58. The number of carbonyl (C=O) groups excluding carboxylic acids is 1. The number of carbonyl (C=O) groups is 1. The number of amidine groups is 1. The van der Waals surface area contributed by atoms with Crippen LogP contribution in [0.15, 0.2) is 35.3 Å². The van der Waals surface area contributed by atoms with Gasteiger partial charge in [0.15, 0.2) is 0 Å². The molecule has 0 aliphatic carbocycles. The first kappa shape index (κ1) is 28.3. The Morgan fingerprint density at radius 3 is 2.57 bits per heavy atom. The molecule has 4 rings (SSSR count). The normalized spacial score (nSPS) is 25.8. The van der Waals surface area contributed by atoms with Gasteiger partial charge in [0.1, 0.15) is 6.10 Å². The van der Waals surface area contributed by atoms with Crippen LogP contribution >= 0.6 is 9.24 Å². The molecule has 3 heterocycles. The van der Waals surface area contributed by atoms with E-state index in [0.717, 1.165) is 43.7 Å². The smallest absolute Gasteiger partial charge is 0.288 e. The maximum absolute atomic E-state index is 13.8. The first-order valence-corrected chi connectivity index (χ1v) is 15.3. The zero-order valence-corrected chi connectivity index (χ0v) is 24.3. The Morgan fingerprint density at radius 2 is 1.86 bits per heavy atom. The number of hydrogen-bond acceptors (Lipinski definition) is 6. The standard InChI is InChI=1S/C29H48N5O2P/c1-22(2)30-26(14-8-11-17-32-15-9-5-10-16-32)28(35)34-19-18-33(20-25(34)21-37)29-31-23(3)27(36-29)24-12-6-4-7-13-24/h4,6-7,12-13,22-23,25-27,30H,5,8-11,14-21,37H2,1-3H3/t23-,25-,26+,27+/m0/s1. The van der Waals surface area contributed by atoms with Crippen LogP contribution in [0.4, 0.5) is 0 Å². The number of rotatable bonds is 10. The minimum absolute atomic E-state index is 0.0464. The van der Waals surface area contributed by atoms with Crippen molar-refractivity contribution in [2.75, 3.05) is 45.4 Å². The van der Waals surface area contributed by atoms with Gasteiger partial charge in [-0.05, 0) is 64.0 Å². The number of hydrogen-bond donors (Lipinski definition) is 1. The van der Waals surface area contributed by atoms with Crippen molar-refractivity contribution in [1.29, 1.82) is 0 Å². The largest absolute Gasteiger partial charge is 0.455 e. The Bertz CT molecular complexity index is 876. The molecule has 1 N–H and O–H groups in total. The molecule has 1 aromatic rings. The fourth-order valence-electron chi connectivity index (χ4n) is 5.90. The first-order valence-electron chi connectivity index (χ1n) is 14.5. The molecule has 0 spiro atoms. The van der Waals surface area contributed by atoms with Gasteiger partial charge in [0, 0.05) is 25.7 Å². The van der Waals surface area contributed by atoms with Gasteiger partial charge in [-0.3, -0.25) is 4.79 Å².